The molecule has 2 fully saturated rings. The number of likely N-dealkylation sites (tertiary alicyclic amines) is 2. The second kappa shape index (κ2) is 13.7. The van der Waals surface area contributed by atoms with Gasteiger partial charge in [0.25, 0.3) is 0 Å². The van der Waals surface area contributed by atoms with Crippen molar-refractivity contribution in [2.75, 3.05) is 26.2 Å². The topological polar surface area (TPSA) is 105 Å². The van der Waals surface area contributed by atoms with Crippen LogP contribution in [-0.4, -0.2) is 66.0 Å². The molecule has 1 aromatic carbocycles. The van der Waals surface area contributed by atoms with Crippen LogP contribution in [0.3, 0.4) is 0 Å². The number of benzene rings is 1. The molecule has 1 aromatic rings. The zero-order chi connectivity index (χ0) is 23.3. The molecule has 0 aliphatic carbocycles. The fourth-order valence-corrected chi connectivity index (χ4v) is 3.75. The zero-order valence-electron chi connectivity index (χ0n) is 19.4. The van der Waals surface area contributed by atoms with E-state index in [9.17, 15) is 14.4 Å². The van der Waals surface area contributed by atoms with Crippen LogP contribution in [0.2, 0.25) is 0 Å². The van der Waals surface area contributed by atoms with Crippen LogP contribution in [0.4, 0.5) is 4.79 Å². The maximum Gasteiger partial charge on any atom is 0.408 e. The summed E-state index contributed by atoms with van der Waals surface area (Å²) in [5.74, 6) is 0.122. The largest absolute Gasteiger partial charge is 0.445 e. The fourth-order valence-electron chi connectivity index (χ4n) is 3.75. The molecule has 2 heterocycles. The van der Waals surface area contributed by atoms with Gasteiger partial charge in [0.15, 0.2) is 0 Å². The Hall–Kier alpha value is -2.61. The maximum atomic E-state index is 12.2. The molecule has 2 aliphatic heterocycles. The summed E-state index contributed by atoms with van der Waals surface area (Å²) in [6.07, 6.45) is 5.13. The van der Waals surface area contributed by atoms with Crippen LogP contribution < -0.4 is 11.1 Å². The summed E-state index contributed by atoms with van der Waals surface area (Å²) in [6, 6.07) is 8.70. The average Bonchev–Trinajstić information content (AvgIpc) is 3.55. The van der Waals surface area contributed by atoms with Gasteiger partial charge < -0.3 is 25.6 Å². The third-order valence-electron chi connectivity index (χ3n) is 5.80. The normalized spacial score (nSPS) is 17.2. The zero-order valence-corrected chi connectivity index (χ0v) is 19.4. The van der Waals surface area contributed by atoms with E-state index in [-0.39, 0.29) is 24.5 Å². The van der Waals surface area contributed by atoms with E-state index in [0.717, 1.165) is 63.8 Å². The summed E-state index contributed by atoms with van der Waals surface area (Å²) in [5, 5.41) is 2.66. The number of ether oxygens (including phenoxy) is 1. The molecule has 3 amide bonds. The van der Waals surface area contributed by atoms with Crippen molar-refractivity contribution in [2.45, 2.75) is 71.1 Å². The second-order valence-corrected chi connectivity index (χ2v) is 8.25. The highest BCUT2D eigenvalue weighted by Gasteiger charge is 2.26. The monoisotopic (exact) mass is 446 g/mol. The van der Waals surface area contributed by atoms with E-state index in [1.165, 1.54) is 0 Å². The molecule has 178 valence electrons. The molecule has 0 unspecified atom stereocenters. The summed E-state index contributed by atoms with van der Waals surface area (Å²) >= 11 is 0. The molecule has 3 rings (SSSR count). The Balaban J connectivity index is 0.000000278. The van der Waals surface area contributed by atoms with E-state index in [2.05, 4.69) is 5.32 Å². The number of nitrogens with two attached hydrogens (primary N) is 1. The first-order valence-corrected chi connectivity index (χ1v) is 11.8. The Morgan fingerprint density at radius 3 is 1.94 bits per heavy atom. The number of alkyl carbamates (subject to hydrolysis) is 1. The summed E-state index contributed by atoms with van der Waals surface area (Å²) in [5.41, 5.74) is 6.53. The first kappa shape index (κ1) is 25.6. The van der Waals surface area contributed by atoms with Crippen molar-refractivity contribution in [3.8, 4) is 0 Å². The molecular formula is C24H38N4O4. The van der Waals surface area contributed by atoms with Crippen molar-refractivity contribution in [3.05, 3.63) is 35.9 Å². The van der Waals surface area contributed by atoms with E-state index in [4.69, 9.17) is 10.5 Å². The molecule has 8 heteroatoms. The average molecular weight is 447 g/mol. The van der Waals surface area contributed by atoms with Crippen molar-refractivity contribution in [2.24, 2.45) is 5.73 Å². The molecule has 2 aliphatic rings. The van der Waals surface area contributed by atoms with Gasteiger partial charge in [-0.2, -0.15) is 0 Å². The highest BCUT2D eigenvalue weighted by Crippen LogP contribution is 2.11. The lowest BCUT2D eigenvalue weighted by Gasteiger charge is -2.22. The minimum absolute atomic E-state index is 0.00772. The molecule has 0 bridgehead atoms. The Kier molecular flexibility index (Phi) is 11.0. The van der Waals surface area contributed by atoms with Crippen molar-refractivity contribution in [3.63, 3.8) is 0 Å². The summed E-state index contributed by atoms with van der Waals surface area (Å²) in [7, 11) is 0. The minimum Gasteiger partial charge on any atom is -0.445 e. The smallest absolute Gasteiger partial charge is 0.408 e. The van der Waals surface area contributed by atoms with Gasteiger partial charge in [0, 0.05) is 26.2 Å². The van der Waals surface area contributed by atoms with Crippen molar-refractivity contribution in [1.82, 2.24) is 15.1 Å². The fraction of sp³-hybridized carbons (Fsp3) is 0.625. The number of amides is 3. The maximum absolute atomic E-state index is 12.2. The number of carbonyl (C=O) groups excluding carboxylic acids is 3. The van der Waals surface area contributed by atoms with Crippen LogP contribution >= 0.6 is 0 Å². The van der Waals surface area contributed by atoms with Gasteiger partial charge in [-0.1, -0.05) is 44.2 Å². The Labute approximate surface area is 191 Å². The predicted octanol–water partition coefficient (Wildman–Crippen LogP) is 2.66. The van der Waals surface area contributed by atoms with E-state index < -0.39 is 12.1 Å². The van der Waals surface area contributed by atoms with E-state index >= 15 is 0 Å². The second-order valence-electron chi connectivity index (χ2n) is 8.25. The van der Waals surface area contributed by atoms with Gasteiger partial charge in [0.1, 0.15) is 12.6 Å². The molecule has 2 saturated heterocycles. The van der Waals surface area contributed by atoms with Crippen LogP contribution in [0, 0.1) is 0 Å². The van der Waals surface area contributed by atoms with Crippen LogP contribution in [0.5, 0.6) is 0 Å². The van der Waals surface area contributed by atoms with Gasteiger partial charge >= 0.3 is 6.09 Å². The van der Waals surface area contributed by atoms with E-state index in [1.54, 1.807) is 0 Å². The lowest BCUT2D eigenvalue weighted by Crippen LogP contribution is -2.47. The molecule has 2 atom stereocenters. The highest BCUT2D eigenvalue weighted by molar-refractivity contribution is 5.85. The van der Waals surface area contributed by atoms with Crippen LogP contribution in [0.15, 0.2) is 30.3 Å². The first-order valence-electron chi connectivity index (χ1n) is 11.8. The number of hydrogen-bond donors (Lipinski definition) is 2. The van der Waals surface area contributed by atoms with Gasteiger partial charge in [0.2, 0.25) is 11.8 Å². The van der Waals surface area contributed by atoms with Crippen molar-refractivity contribution < 1.29 is 19.1 Å². The van der Waals surface area contributed by atoms with Gasteiger partial charge in [-0.25, -0.2) is 4.79 Å². The summed E-state index contributed by atoms with van der Waals surface area (Å²) < 4.78 is 5.15. The Morgan fingerprint density at radius 2 is 1.44 bits per heavy atom. The van der Waals surface area contributed by atoms with Gasteiger partial charge in [0.05, 0.1) is 6.04 Å². The van der Waals surface area contributed by atoms with Crippen molar-refractivity contribution >= 4 is 17.9 Å². The van der Waals surface area contributed by atoms with E-state index in [0.29, 0.717) is 6.42 Å². The van der Waals surface area contributed by atoms with Gasteiger partial charge in [-0.05, 0) is 44.1 Å². The summed E-state index contributed by atoms with van der Waals surface area (Å²) in [6.45, 7) is 7.43. The standard InChI is InChI=1S/C16H22N2O3.C8H16N2O/c1-2-14(15(19)18-10-6-7-11-18)17-16(20)21-12-13-8-4-3-5-9-13;1-2-7(9)8(11)10-5-3-4-6-10/h3-5,8-9,14H,2,6-7,10-12H2,1H3,(H,17,20);7H,2-6,9H2,1H3/t14-;7-/m00/s1. The molecule has 0 saturated carbocycles. The summed E-state index contributed by atoms with van der Waals surface area (Å²) in [4.78, 5) is 39.1. The molecule has 3 N–H and O–H groups in total. The Morgan fingerprint density at radius 1 is 0.906 bits per heavy atom. The van der Waals surface area contributed by atoms with Crippen molar-refractivity contribution in [1.29, 1.82) is 0 Å². The number of nitrogens with zero attached hydrogens (tertiary/aromatic N) is 2. The van der Waals surface area contributed by atoms with E-state index in [1.807, 2.05) is 54.0 Å². The number of hydrogen-bond acceptors (Lipinski definition) is 5. The molecule has 0 aromatic heterocycles. The molecule has 0 spiro atoms. The molecule has 0 radical (unpaired) electrons. The van der Waals surface area contributed by atoms with Crippen LogP contribution in [0.1, 0.15) is 57.9 Å². The third-order valence-corrected chi connectivity index (χ3v) is 5.80. The third kappa shape index (κ3) is 8.15. The predicted molar refractivity (Wildman–Crippen MR) is 124 cm³/mol. The SMILES string of the molecule is CC[C@H](N)C(=O)N1CCCC1.CC[C@H](NC(=O)OCc1ccccc1)C(=O)N1CCCC1. The molecular weight excluding hydrogens is 408 g/mol. The van der Waals surface area contributed by atoms with Crippen LogP contribution in [-0.2, 0) is 20.9 Å². The molecule has 8 nitrogen and oxygen atoms in total. The van der Waals surface area contributed by atoms with Gasteiger partial charge in [-0.3, -0.25) is 9.59 Å². The Bertz CT molecular complexity index is 716. The number of rotatable bonds is 7. The van der Waals surface area contributed by atoms with Crippen LogP contribution in [0.25, 0.3) is 0 Å². The lowest BCUT2D eigenvalue weighted by molar-refractivity contribution is -0.132. The first-order chi connectivity index (χ1) is 15.5. The highest BCUT2D eigenvalue weighted by atomic mass is 16.5. The number of carbonyl (C=O) groups is 3. The van der Waals surface area contributed by atoms with Gasteiger partial charge in [-0.15, -0.1) is 0 Å². The quantitative estimate of drug-likeness (QED) is 0.670. The molecule has 32 heavy (non-hydrogen) atoms. The lowest BCUT2D eigenvalue weighted by atomic mass is 10.2. The number of nitrogens with one attached hydrogen (secondary N) is 1. The minimum atomic E-state index is -0.543.